The van der Waals surface area contributed by atoms with Crippen molar-refractivity contribution in [2.75, 3.05) is 7.05 Å². The van der Waals surface area contributed by atoms with Crippen LogP contribution in [-0.2, 0) is 5.54 Å². The largest absolute Gasteiger partial charge is 0.491 e. The number of benzene rings is 2. The normalized spacial score (nSPS) is 11.9. The Labute approximate surface area is 163 Å². The molecule has 0 atom stereocenters. The molecular weight excluding hydrogens is 359 g/mol. The van der Waals surface area contributed by atoms with Crippen molar-refractivity contribution in [3.8, 4) is 17.1 Å². The molecule has 0 aliphatic carbocycles. The first-order valence-electron chi connectivity index (χ1n) is 9.16. The van der Waals surface area contributed by atoms with Gasteiger partial charge in [-0.25, -0.2) is 4.39 Å². The minimum Gasteiger partial charge on any atom is -0.491 e. The minimum absolute atomic E-state index is 0.0644. The van der Waals surface area contributed by atoms with Gasteiger partial charge in [-0.2, -0.15) is 0 Å². The average molecular weight is 384 g/mol. The molecule has 1 heterocycles. The molecule has 148 valence electrons. The van der Waals surface area contributed by atoms with Crippen molar-refractivity contribution in [2.24, 2.45) is 5.73 Å². The molecule has 0 unspecified atom stereocenters. The third kappa shape index (κ3) is 3.73. The van der Waals surface area contributed by atoms with E-state index in [0.29, 0.717) is 33.6 Å². The van der Waals surface area contributed by atoms with Gasteiger partial charge in [0.2, 0.25) is 0 Å². The van der Waals surface area contributed by atoms with Crippen LogP contribution < -0.4 is 15.8 Å². The van der Waals surface area contributed by atoms with Crippen LogP contribution in [0.4, 0.5) is 4.39 Å². The molecule has 28 heavy (non-hydrogen) atoms. The summed E-state index contributed by atoms with van der Waals surface area (Å²) < 4.78 is 25.4. The number of ether oxygens (including phenoxy) is 1. The van der Waals surface area contributed by atoms with Gasteiger partial charge in [0, 0.05) is 29.1 Å². The molecule has 0 aliphatic heterocycles. The maximum Gasteiger partial charge on any atom is 0.255 e. The van der Waals surface area contributed by atoms with Crippen molar-refractivity contribution < 1.29 is 18.3 Å². The molecule has 0 saturated carbocycles. The molecule has 3 N–H and O–H groups in total. The number of fused-ring (bicyclic) bond motifs is 1. The van der Waals surface area contributed by atoms with Gasteiger partial charge in [-0.1, -0.05) is 0 Å². The Morgan fingerprint density at radius 1 is 1.21 bits per heavy atom. The van der Waals surface area contributed by atoms with Gasteiger partial charge in [0.25, 0.3) is 5.91 Å². The lowest BCUT2D eigenvalue weighted by Crippen LogP contribution is -2.29. The first-order valence-corrected chi connectivity index (χ1v) is 9.16. The van der Waals surface area contributed by atoms with Gasteiger partial charge in [0.15, 0.2) is 0 Å². The van der Waals surface area contributed by atoms with Gasteiger partial charge in [-0.3, -0.25) is 4.79 Å². The van der Waals surface area contributed by atoms with Crippen LogP contribution in [0.1, 0.15) is 43.6 Å². The Morgan fingerprint density at radius 2 is 1.86 bits per heavy atom. The lowest BCUT2D eigenvalue weighted by molar-refractivity contribution is 0.0964. The van der Waals surface area contributed by atoms with Gasteiger partial charge in [0.05, 0.1) is 11.7 Å². The van der Waals surface area contributed by atoms with Crippen molar-refractivity contribution in [1.29, 1.82) is 0 Å². The second kappa shape index (κ2) is 7.28. The van der Waals surface area contributed by atoms with Crippen LogP contribution in [0.15, 0.2) is 40.8 Å². The molecule has 0 fully saturated rings. The second-order valence-corrected chi connectivity index (χ2v) is 7.63. The zero-order chi connectivity index (χ0) is 20.6. The number of hydrogen-bond donors (Lipinski definition) is 2. The molecule has 1 amide bonds. The number of hydrogen-bond acceptors (Lipinski definition) is 4. The fraction of sp³-hybridized carbons (Fsp3) is 0.318. The van der Waals surface area contributed by atoms with Crippen LogP contribution in [-0.4, -0.2) is 19.1 Å². The van der Waals surface area contributed by atoms with Crippen LogP contribution in [0.3, 0.4) is 0 Å². The lowest BCUT2D eigenvalue weighted by Gasteiger charge is -2.24. The van der Waals surface area contributed by atoms with Crippen molar-refractivity contribution >= 4 is 16.9 Å². The van der Waals surface area contributed by atoms with Crippen molar-refractivity contribution in [3.05, 3.63) is 53.3 Å². The number of amides is 1. The molecule has 0 bridgehead atoms. The highest BCUT2D eigenvalue weighted by Crippen LogP contribution is 2.40. The molecule has 0 spiro atoms. The molecule has 3 rings (SSSR count). The fourth-order valence-corrected chi connectivity index (χ4v) is 3.13. The van der Waals surface area contributed by atoms with E-state index in [4.69, 9.17) is 14.9 Å². The summed E-state index contributed by atoms with van der Waals surface area (Å²) in [4.78, 5) is 12.7. The van der Waals surface area contributed by atoms with Gasteiger partial charge < -0.3 is 20.2 Å². The molecule has 3 aromatic rings. The number of nitrogens with one attached hydrogen (secondary N) is 1. The zero-order valence-corrected chi connectivity index (χ0v) is 16.7. The van der Waals surface area contributed by atoms with Crippen LogP contribution >= 0.6 is 0 Å². The zero-order valence-electron chi connectivity index (χ0n) is 16.7. The SMILES string of the molecule is CNC(=O)c1c(-c2ccc(F)cc2)oc2cc(C(C)(C)N)c(OC(C)C)cc12. The number of nitrogens with two attached hydrogens (primary N) is 1. The predicted octanol–water partition coefficient (Wildman–Crippen LogP) is 4.58. The van der Waals surface area contributed by atoms with Gasteiger partial charge in [0.1, 0.15) is 22.9 Å². The fourth-order valence-electron chi connectivity index (χ4n) is 3.13. The number of halogens is 1. The van der Waals surface area contributed by atoms with Crippen molar-refractivity contribution in [3.63, 3.8) is 0 Å². The Kier molecular flexibility index (Phi) is 5.17. The van der Waals surface area contributed by atoms with Gasteiger partial charge in [-0.05, 0) is 64.1 Å². The molecule has 1 aromatic heterocycles. The monoisotopic (exact) mass is 384 g/mol. The number of rotatable bonds is 5. The van der Waals surface area contributed by atoms with Gasteiger partial charge >= 0.3 is 0 Å². The molecule has 6 heteroatoms. The van der Waals surface area contributed by atoms with E-state index in [1.54, 1.807) is 25.2 Å². The molecule has 2 aromatic carbocycles. The minimum atomic E-state index is -0.672. The summed E-state index contributed by atoms with van der Waals surface area (Å²) in [5.41, 5.74) is 7.94. The number of carbonyl (C=O) groups excluding carboxylic acids is 1. The highest BCUT2D eigenvalue weighted by Gasteiger charge is 2.27. The summed E-state index contributed by atoms with van der Waals surface area (Å²) in [7, 11) is 1.55. The molecule has 0 radical (unpaired) electrons. The lowest BCUT2D eigenvalue weighted by atomic mass is 9.93. The van der Waals surface area contributed by atoms with E-state index in [9.17, 15) is 9.18 Å². The highest BCUT2D eigenvalue weighted by atomic mass is 19.1. The number of carbonyl (C=O) groups is 1. The topological polar surface area (TPSA) is 77.5 Å². The second-order valence-electron chi connectivity index (χ2n) is 7.63. The maximum atomic E-state index is 13.4. The van der Waals surface area contributed by atoms with E-state index < -0.39 is 5.54 Å². The Morgan fingerprint density at radius 3 is 2.39 bits per heavy atom. The van der Waals surface area contributed by atoms with Gasteiger partial charge in [-0.15, -0.1) is 0 Å². The van der Waals surface area contributed by atoms with E-state index in [-0.39, 0.29) is 17.8 Å². The van der Waals surface area contributed by atoms with E-state index in [0.717, 1.165) is 5.56 Å². The summed E-state index contributed by atoms with van der Waals surface area (Å²) in [6.07, 6.45) is -0.0644. The summed E-state index contributed by atoms with van der Waals surface area (Å²) >= 11 is 0. The third-order valence-electron chi connectivity index (χ3n) is 4.41. The first kappa shape index (κ1) is 19.9. The van der Waals surface area contributed by atoms with Crippen LogP contribution in [0.25, 0.3) is 22.3 Å². The van der Waals surface area contributed by atoms with Crippen LogP contribution in [0.5, 0.6) is 5.75 Å². The summed E-state index contributed by atoms with van der Waals surface area (Å²) in [5.74, 6) is 0.318. The molecule has 0 aliphatic rings. The first-order chi connectivity index (χ1) is 13.1. The molecule has 0 saturated heterocycles. The number of furan rings is 1. The summed E-state index contributed by atoms with van der Waals surface area (Å²) in [6, 6.07) is 9.43. The third-order valence-corrected chi connectivity index (χ3v) is 4.41. The van der Waals surface area contributed by atoms with Crippen LogP contribution in [0.2, 0.25) is 0 Å². The smallest absolute Gasteiger partial charge is 0.255 e. The Balaban J connectivity index is 2.33. The van der Waals surface area contributed by atoms with E-state index in [1.807, 2.05) is 33.8 Å². The predicted molar refractivity (Wildman–Crippen MR) is 108 cm³/mol. The molecular formula is C22H25FN2O3. The standard InChI is InChI=1S/C22H25FN2O3/c1-12(2)27-18-10-15-17(11-16(18)22(3,4)24)28-20(19(15)21(26)25-5)13-6-8-14(23)9-7-13/h6-12H,24H2,1-5H3,(H,25,26). The quantitative estimate of drug-likeness (QED) is 0.675. The van der Waals surface area contributed by atoms with E-state index >= 15 is 0 Å². The maximum absolute atomic E-state index is 13.4. The Bertz CT molecular complexity index is 1010. The van der Waals surface area contributed by atoms with Crippen molar-refractivity contribution in [2.45, 2.75) is 39.3 Å². The van der Waals surface area contributed by atoms with E-state index in [1.165, 1.54) is 12.1 Å². The summed E-state index contributed by atoms with van der Waals surface area (Å²) in [5, 5.41) is 3.26. The van der Waals surface area contributed by atoms with Crippen molar-refractivity contribution in [1.82, 2.24) is 5.32 Å². The Hall–Kier alpha value is -2.86. The summed E-state index contributed by atoms with van der Waals surface area (Å²) in [6.45, 7) is 7.61. The van der Waals surface area contributed by atoms with E-state index in [2.05, 4.69) is 5.32 Å². The van der Waals surface area contributed by atoms with Crippen LogP contribution in [0, 0.1) is 5.82 Å². The molecule has 5 nitrogen and oxygen atoms in total. The highest BCUT2D eigenvalue weighted by molar-refractivity contribution is 6.11. The average Bonchev–Trinajstić information content (AvgIpc) is 2.98.